The Bertz CT molecular complexity index is 788. The molecule has 3 rings (SSSR count). The zero-order chi connectivity index (χ0) is 19.4. The highest BCUT2D eigenvalue weighted by atomic mass is 16.3. The van der Waals surface area contributed by atoms with Gasteiger partial charge in [0.1, 0.15) is 11.9 Å². The maximum Gasteiger partial charge on any atom is 0.251 e. The van der Waals surface area contributed by atoms with E-state index in [1.807, 2.05) is 30.9 Å². The van der Waals surface area contributed by atoms with E-state index in [0.717, 1.165) is 0 Å². The summed E-state index contributed by atoms with van der Waals surface area (Å²) in [7, 11) is 0. The fourth-order valence-corrected chi connectivity index (χ4v) is 3.23. The second-order valence-corrected chi connectivity index (χ2v) is 7.22. The SMILES string of the molecule is CC(C)CC(O)C(=O)N1CCN(c2nccc(-c3ccccc3O)n2)CC1. The van der Waals surface area contributed by atoms with E-state index in [1.54, 1.807) is 29.3 Å². The number of hydrogen-bond acceptors (Lipinski definition) is 6. The van der Waals surface area contributed by atoms with Gasteiger partial charge in [-0.3, -0.25) is 4.79 Å². The average molecular weight is 370 g/mol. The molecule has 2 N–H and O–H groups in total. The number of rotatable bonds is 5. The topological polar surface area (TPSA) is 89.8 Å². The molecule has 144 valence electrons. The van der Waals surface area contributed by atoms with Crippen molar-refractivity contribution in [3.8, 4) is 17.0 Å². The molecule has 1 unspecified atom stereocenters. The second-order valence-electron chi connectivity index (χ2n) is 7.22. The van der Waals surface area contributed by atoms with Gasteiger partial charge in [0, 0.05) is 37.9 Å². The molecule has 1 aliphatic heterocycles. The third-order valence-electron chi connectivity index (χ3n) is 4.68. The van der Waals surface area contributed by atoms with Gasteiger partial charge < -0.3 is 20.0 Å². The Balaban J connectivity index is 1.66. The Morgan fingerprint density at radius 3 is 2.52 bits per heavy atom. The monoisotopic (exact) mass is 370 g/mol. The highest BCUT2D eigenvalue weighted by Crippen LogP contribution is 2.27. The van der Waals surface area contributed by atoms with Gasteiger partial charge in [-0.15, -0.1) is 0 Å². The van der Waals surface area contributed by atoms with Crippen LogP contribution in [0, 0.1) is 5.92 Å². The summed E-state index contributed by atoms with van der Waals surface area (Å²) < 4.78 is 0. The summed E-state index contributed by atoms with van der Waals surface area (Å²) in [5.74, 6) is 0.824. The largest absolute Gasteiger partial charge is 0.507 e. The van der Waals surface area contributed by atoms with Gasteiger partial charge in [0.2, 0.25) is 5.95 Å². The number of aliphatic hydroxyl groups is 1. The Hall–Kier alpha value is -2.67. The first-order valence-corrected chi connectivity index (χ1v) is 9.29. The zero-order valence-corrected chi connectivity index (χ0v) is 15.7. The van der Waals surface area contributed by atoms with Crippen LogP contribution in [-0.4, -0.2) is 63.3 Å². The number of hydrogen-bond donors (Lipinski definition) is 2. The molecule has 7 heteroatoms. The molecule has 1 aromatic heterocycles. The van der Waals surface area contributed by atoms with Crippen LogP contribution in [0.2, 0.25) is 0 Å². The Kier molecular flexibility index (Phi) is 5.91. The van der Waals surface area contributed by atoms with Crippen LogP contribution < -0.4 is 4.90 Å². The molecule has 1 aliphatic rings. The van der Waals surface area contributed by atoms with E-state index < -0.39 is 6.10 Å². The van der Waals surface area contributed by atoms with Gasteiger partial charge in [0.05, 0.1) is 5.69 Å². The molecule has 27 heavy (non-hydrogen) atoms. The average Bonchev–Trinajstić information content (AvgIpc) is 2.67. The van der Waals surface area contributed by atoms with Crippen LogP contribution in [0.1, 0.15) is 20.3 Å². The lowest BCUT2D eigenvalue weighted by Gasteiger charge is -2.35. The van der Waals surface area contributed by atoms with Crippen molar-refractivity contribution in [3.05, 3.63) is 36.5 Å². The van der Waals surface area contributed by atoms with E-state index in [-0.39, 0.29) is 17.6 Å². The standard InChI is InChI=1S/C20H26N4O3/c1-14(2)13-18(26)19(27)23-9-11-24(12-10-23)20-21-8-7-16(22-20)15-5-3-4-6-17(15)25/h3-8,14,18,25-26H,9-13H2,1-2H3. The van der Waals surface area contributed by atoms with Crippen molar-refractivity contribution in [1.82, 2.24) is 14.9 Å². The number of nitrogens with zero attached hydrogens (tertiary/aromatic N) is 4. The van der Waals surface area contributed by atoms with Crippen LogP contribution in [0.15, 0.2) is 36.5 Å². The lowest BCUT2D eigenvalue weighted by Crippen LogP contribution is -2.52. The van der Waals surface area contributed by atoms with Crippen LogP contribution >= 0.6 is 0 Å². The van der Waals surface area contributed by atoms with Gasteiger partial charge in [-0.25, -0.2) is 9.97 Å². The lowest BCUT2D eigenvalue weighted by atomic mass is 10.0. The molecule has 0 saturated carbocycles. The van der Waals surface area contributed by atoms with E-state index in [2.05, 4.69) is 9.97 Å². The number of aromatic nitrogens is 2. The molecule has 2 heterocycles. The van der Waals surface area contributed by atoms with Gasteiger partial charge in [-0.1, -0.05) is 26.0 Å². The van der Waals surface area contributed by atoms with Gasteiger partial charge >= 0.3 is 0 Å². The van der Waals surface area contributed by atoms with Gasteiger partial charge in [0.15, 0.2) is 0 Å². The molecule has 0 radical (unpaired) electrons. The number of phenols is 1. The van der Waals surface area contributed by atoms with Crippen molar-refractivity contribution < 1.29 is 15.0 Å². The number of aromatic hydroxyl groups is 1. The number of amides is 1. The number of phenolic OH excluding ortho intramolecular Hbond substituents is 1. The quantitative estimate of drug-likeness (QED) is 0.836. The third kappa shape index (κ3) is 4.54. The fourth-order valence-electron chi connectivity index (χ4n) is 3.23. The highest BCUT2D eigenvalue weighted by molar-refractivity contribution is 5.81. The molecular weight excluding hydrogens is 344 g/mol. The number of carbonyl (C=O) groups is 1. The number of piperazine rings is 1. The number of anilines is 1. The Labute approximate surface area is 159 Å². The van der Waals surface area contributed by atoms with Crippen LogP contribution in [-0.2, 0) is 4.79 Å². The summed E-state index contributed by atoms with van der Waals surface area (Å²) in [6.45, 7) is 6.23. The number of carbonyl (C=O) groups excluding carboxylic acids is 1. The fraction of sp³-hybridized carbons (Fsp3) is 0.450. The van der Waals surface area contributed by atoms with Crippen molar-refractivity contribution in [2.75, 3.05) is 31.1 Å². The van der Waals surface area contributed by atoms with Crippen LogP contribution in [0.3, 0.4) is 0 Å². The first kappa shape index (κ1) is 19.1. The van der Waals surface area contributed by atoms with Gasteiger partial charge in [-0.2, -0.15) is 0 Å². The smallest absolute Gasteiger partial charge is 0.251 e. The van der Waals surface area contributed by atoms with Crippen molar-refractivity contribution >= 4 is 11.9 Å². The Morgan fingerprint density at radius 2 is 1.85 bits per heavy atom. The summed E-state index contributed by atoms with van der Waals surface area (Å²) in [4.78, 5) is 25.0. The van der Waals surface area contributed by atoms with Crippen molar-refractivity contribution in [3.63, 3.8) is 0 Å². The molecule has 7 nitrogen and oxygen atoms in total. The highest BCUT2D eigenvalue weighted by Gasteiger charge is 2.27. The molecule has 1 atom stereocenters. The molecule has 1 amide bonds. The van der Waals surface area contributed by atoms with Crippen LogP contribution in [0.5, 0.6) is 5.75 Å². The maximum atomic E-state index is 12.4. The maximum absolute atomic E-state index is 12.4. The van der Waals surface area contributed by atoms with E-state index in [0.29, 0.717) is 49.8 Å². The molecule has 1 fully saturated rings. The summed E-state index contributed by atoms with van der Waals surface area (Å²) in [5.41, 5.74) is 1.32. The van der Waals surface area contributed by atoms with Gasteiger partial charge in [-0.05, 0) is 30.5 Å². The molecule has 0 bridgehead atoms. The van der Waals surface area contributed by atoms with Crippen molar-refractivity contribution in [2.45, 2.75) is 26.4 Å². The molecule has 1 saturated heterocycles. The van der Waals surface area contributed by atoms with E-state index >= 15 is 0 Å². The molecule has 0 aliphatic carbocycles. The number of benzene rings is 1. The lowest BCUT2D eigenvalue weighted by molar-refractivity contribution is -0.141. The van der Waals surface area contributed by atoms with Crippen LogP contribution in [0.4, 0.5) is 5.95 Å². The summed E-state index contributed by atoms with van der Waals surface area (Å²) >= 11 is 0. The summed E-state index contributed by atoms with van der Waals surface area (Å²) in [5, 5.41) is 20.1. The minimum Gasteiger partial charge on any atom is -0.507 e. The number of aliphatic hydroxyl groups excluding tert-OH is 1. The molecule has 0 spiro atoms. The third-order valence-corrected chi connectivity index (χ3v) is 4.68. The van der Waals surface area contributed by atoms with Crippen molar-refractivity contribution in [1.29, 1.82) is 0 Å². The normalized spacial score (nSPS) is 15.9. The van der Waals surface area contributed by atoms with Crippen molar-refractivity contribution in [2.24, 2.45) is 5.92 Å². The first-order valence-electron chi connectivity index (χ1n) is 9.29. The first-order chi connectivity index (χ1) is 13.0. The summed E-state index contributed by atoms with van der Waals surface area (Å²) in [6, 6.07) is 8.83. The second kappa shape index (κ2) is 8.35. The van der Waals surface area contributed by atoms with Gasteiger partial charge in [0.25, 0.3) is 5.91 Å². The van der Waals surface area contributed by atoms with E-state index in [4.69, 9.17) is 0 Å². The molecule has 1 aromatic carbocycles. The summed E-state index contributed by atoms with van der Waals surface area (Å²) in [6.07, 6.45) is 1.22. The Morgan fingerprint density at radius 1 is 1.15 bits per heavy atom. The number of para-hydroxylation sites is 1. The minimum absolute atomic E-state index is 0.178. The van der Waals surface area contributed by atoms with E-state index in [1.165, 1.54) is 0 Å². The minimum atomic E-state index is -0.933. The van der Waals surface area contributed by atoms with Crippen LogP contribution in [0.25, 0.3) is 11.3 Å². The predicted octanol–water partition coefficient (Wildman–Crippen LogP) is 1.90. The molecular formula is C20H26N4O3. The predicted molar refractivity (Wildman–Crippen MR) is 103 cm³/mol. The van der Waals surface area contributed by atoms with E-state index in [9.17, 15) is 15.0 Å². The molecule has 2 aromatic rings. The zero-order valence-electron chi connectivity index (χ0n) is 15.7.